The van der Waals surface area contributed by atoms with Gasteiger partial charge in [-0.1, -0.05) is 6.92 Å². The van der Waals surface area contributed by atoms with Crippen LogP contribution in [0.4, 0.5) is 0 Å². The molecule has 0 radical (unpaired) electrons. The molecular formula is C4H8NO2P. The third-order valence-corrected chi connectivity index (χ3v) is 1.17. The number of nitrogens with zero attached hydrogens (tertiary/aromatic N) is 1. The van der Waals surface area contributed by atoms with E-state index in [9.17, 15) is 4.57 Å². The molecule has 0 aliphatic heterocycles. The molecule has 0 amide bonds. The van der Waals surface area contributed by atoms with Crippen molar-refractivity contribution >= 4 is 8.69 Å². The summed E-state index contributed by atoms with van der Waals surface area (Å²) in [5.41, 5.74) is 0. The van der Waals surface area contributed by atoms with Crippen LogP contribution in [-0.2, 0) is 9.09 Å². The molecule has 0 aromatic rings. The van der Waals surface area contributed by atoms with Gasteiger partial charge in [0.1, 0.15) is 0 Å². The van der Waals surface area contributed by atoms with Gasteiger partial charge < -0.3 is 4.52 Å². The van der Waals surface area contributed by atoms with Crippen molar-refractivity contribution in [2.45, 2.75) is 19.4 Å². The van der Waals surface area contributed by atoms with Crippen molar-refractivity contribution in [3.8, 4) is 6.07 Å². The van der Waals surface area contributed by atoms with E-state index in [1.54, 1.807) is 0 Å². The third-order valence-electron chi connectivity index (χ3n) is 0.735. The second-order valence-corrected chi connectivity index (χ2v) is 1.72. The minimum Gasteiger partial charge on any atom is -0.314 e. The number of nitriles is 1. The van der Waals surface area contributed by atoms with E-state index in [0.29, 0.717) is 6.42 Å². The van der Waals surface area contributed by atoms with Crippen LogP contribution in [0.25, 0.3) is 0 Å². The second-order valence-electron chi connectivity index (χ2n) is 1.26. The van der Waals surface area contributed by atoms with Gasteiger partial charge in [-0.15, -0.1) is 0 Å². The predicted octanol–water partition coefficient (Wildman–Crippen LogP) is 0.976. The Morgan fingerprint density at radius 2 is 2.62 bits per heavy atom. The molecule has 0 saturated carbocycles. The molecule has 46 valence electrons. The van der Waals surface area contributed by atoms with Gasteiger partial charge >= 0.3 is 0 Å². The van der Waals surface area contributed by atoms with Crippen LogP contribution in [0.5, 0.6) is 0 Å². The van der Waals surface area contributed by atoms with E-state index >= 15 is 0 Å². The molecule has 0 rings (SSSR count). The lowest BCUT2D eigenvalue weighted by atomic mass is 10.3. The summed E-state index contributed by atoms with van der Waals surface area (Å²) < 4.78 is 14.3. The number of hydrogen-bond donors (Lipinski definition) is 0. The Hall–Kier alpha value is -0.320. The fourth-order valence-electron chi connectivity index (χ4n) is 0.285. The molecule has 0 saturated heterocycles. The van der Waals surface area contributed by atoms with Crippen molar-refractivity contribution in [2.24, 2.45) is 0 Å². The largest absolute Gasteiger partial charge is 0.314 e. The first kappa shape index (κ1) is 7.68. The zero-order valence-electron chi connectivity index (χ0n) is 4.63. The molecule has 0 spiro atoms. The standard InChI is InChI=1S/C4H8NO2P/c1-2-4(3-5)7-8-6/h4H,2,8H2,1H3. The highest BCUT2D eigenvalue weighted by molar-refractivity contribution is 7.17. The van der Waals surface area contributed by atoms with Crippen LogP contribution < -0.4 is 0 Å². The average molecular weight is 133 g/mol. The van der Waals surface area contributed by atoms with E-state index in [1.165, 1.54) is 0 Å². The first-order valence-corrected chi connectivity index (χ1v) is 3.28. The fraction of sp³-hybridized carbons (Fsp3) is 0.750. The third kappa shape index (κ3) is 2.79. The minimum atomic E-state index is -1.22. The lowest BCUT2D eigenvalue weighted by Crippen LogP contribution is -2.00. The predicted molar refractivity (Wildman–Crippen MR) is 31.2 cm³/mol. The second kappa shape index (κ2) is 4.83. The Bertz CT molecular complexity index is 109. The molecule has 0 bridgehead atoms. The van der Waals surface area contributed by atoms with E-state index in [4.69, 9.17) is 5.26 Å². The van der Waals surface area contributed by atoms with E-state index < -0.39 is 14.8 Å². The van der Waals surface area contributed by atoms with E-state index in [1.807, 2.05) is 13.0 Å². The lowest BCUT2D eigenvalue weighted by Gasteiger charge is -1.97. The van der Waals surface area contributed by atoms with Gasteiger partial charge in [0.25, 0.3) is 0 Å². The van der Waals surface area contributed by atoms with E-state index in [2.05, 4.69) is 4.52 Å². The molecule has 8 heavy (non-hydrogen) atoms. The van der Waals surface area contributed by atoms with E-state index in [-0.39, 0.29) is 0 Å². The van der Waals surface area contributed by atoms with Crippen LogP contribution in [0.15, 0.2) is 0 Å². The highest BCUT2D eigenvalue weighted by Crippen LogP contribution is 2.04. The maximum absolute atomic E-state index is 9.77. The molecule has 0 aromatic carbocycles. The van der Waals surface area contributed by atoms with Crippen molar-refractivity contribution in [3.63, 3.8) is 0 Å². The highest BCUT2D eigenvalue weighted by atomic mass is 31.1. The summed E-state index contributed by atoms with van der Waals surface area (Å²) >= 11 is 0. The van der Waals surface area contributed by atoms with Crippen LogP contribution in [0, 0.1) is 11.3 Å². The molecule has 0 N–H and O–H groups in total. The smallest absolute Gasteiger partial charge is 0.181 e. The summed E-state index contributed by atoms with van der Waals surface area (Å²) in [6.07, 6.45) is 0.133. The van der Waals surface area contributed by atoms with Crippen LogP contribution >= 0.6 is 8.69 Å². The van der Waals surface area contributed by atoms with E-state index in [0.717, 1.165) is 0 Å². The Balaban J connectivity index is 3.40. The van der Waals surface area contributed by atoms with Gasteiger partial charge in [0, 0.05) is 0 Å². The monoisotopic (exact) mass is 133 g/mol. The van der Waals surface area contributed by atoms with Gasteiger partial charge in [-0.05, 0) is 6.42 Å². The Labute approximate surface area is 49.5 Å². The topological polar surface area (TPSA) is 50.1 Å². The van der Waals surface area contributed by atoms with Gasteiger partial charge in [-0.3, -0.25) is 4.57 Å². The van der Waals surface area contributed by atoms with Crippen molar-refractivity contribution in [1.82, 2.24) is 0 Å². The van der Waals surface area contributed by atoms with Gasteiger partial charge in [0.05, 0.1) is 6.07 Å². The summed E-state index contributed by atoms with van der Waals surface area (Å²) in [4.78, 5) is 0. The molecule has 0 aromatic heterocycles. The average Bonchev–Trinajstić information content (AvgIpc) is 1.83. The van der Waals surface area contributed by atoms with Crippen molar-refractivity contribution < 1.29 is 9.09 Å². The summed E-state index contributed by atoms with van der Waals surface area (Å²) in [7, 11) is -1.22. The Morgan fingerprint density at radius 1 is 2.00 bits per heavy atom. The molecular weight excluding hydrogens is 125 g/mol. The molecule has 0 aliphatic carbocycles. The number of rotatable bonds is 3. The van der Waals surface area contributed by atoms with Crippen molar-refractivity contribution in [3.05, 3.63) is 0 Å². The summed E-state index contributed by atoms with van der Waals surface area (Å²) in [6.45, 7) is 1.81. The Morgan fingerprint density at radius 3 is 2.75 bits per heavy atom. The maximum atomic E-state index is 9.77. The quantitative estimate of drug-likeness (QED) is 0.539. The van der Waals surface area contributed by atoms with Gasteiger partial charge in [-0.2, -0.15) is 5.26 Å². The highest BCUT2D eigenvalue weighted by Gasteiger charge is 1.99. The maximum Gasteiger partial charge on any atom is 0.181 e. The van der Waals surface area contributed by atoms with Crippen LogP contribution in [0.1, 0.15) is 13.3 Å². The van der Waals surface area contributed by atoms with Crippen molar-refractivity contribution in [1.29, 1.82) is 5.26 Å². The Kier molecular flexibility index (Phi) is 4.64. The van der Waals surface area contributed by atoms with Gasteiger partial charge in [-0.25, -0.2) is 0 Å². The van der Waals surface area contributed by atoms with Gasteiger partial charge in [0.15, 0.2) is 14.8 Å². The molecule has 4 heteroatoms. The van der Waals surface area contributed by atoms with Crippen molar-refractivity contribution in [2.75, 3.05) is 0 Å². The lowest BCUT2D eigenvalue weighted by molar-refractivity contribution is 0.276. The molecule has 2 atom stereocenters. The molecule has 0 fully saturated rings. The zero-order valence-corrected chi connectivity index (χ0v) is 5.78. The summed E-state index contributed by atoms with van der Waals surface area (Å²) in [5, 5.41) is 8.16. The summed E-state index contributed by atoms with van der Waals surface area (Å²) in [6, 6.07) is 1.85. The first-order valence-electron chi connectivity index (χ1n) is 2.33. The summed E-state index contributed by atoms with van der Waals surface area (Å²) in [5.74, 6) is 0. The normalized spacial score (nSPS) is 14.0. The SMILES string of the molecule is CCC(C#N)O[PH2]=O. The molecule has 0 heterocycles. The van der Waals surface area contributed by atoms with Crippen LogP contribution in [-0.4, -0.2) is 6.10 Å². The fourth-order valence-corrected chi connectivity index (χ4v) is 0.672. The van der Waals surface area contributed by atoms with Crippen LogP contribution in [0.3, 0.4) is 0 Å². The molecule has 0 aliphatic rings. The first-order chi connectivity index (χ1) is 3.85. The molecule has 2 unspecified atom stereocenters. The molecule has 3 nitrogen and oxygen atoms in total. The minimum absolute atomic E-state index is 0.470. The van der Waals surface area contributed by atoms with Gasteiger partial charge in [0.2, 0.25) is 0 Å². The number of hydrogen-bond acceptors (Lipinski definition) is 3. The zero-order chi connectivity index (χ0) is 6.41. The van der Waals surface area contributed by atoms with Crippen LogP contribution in [0.2, 0.25) is 0 Å².